The van der Waals surface area contributed by atoms with E-state index in [0.717, 1.165) is 25.1 Å². The Morgan fingerprint density at radius 3 is 2.73 bits per heavy atom. The van der Waals surface area contributed by atoms with Crippen LogP contribution >= 0.6 is 0 Å². The maximum atomic E-state index is 12.7. The molecule has 1 fully saturated rings. The SMILES string of the molecule is O=[C]C1CCCN(c2ccc(F)cc2)C1. The van der Waals surface area contributed by atoms with Gasteiger partial charge in [0.05, 0.1) is 0 Å². The largest absolute Gasteiger partial charge is 0.371 e. The molecule has 1 aliphatic rings. The predicted molar refractivity (Wildman–Crippen MR) is 57.0 cm³/mol. The van der Waals surface area contributed by atoms with E-state index in [2.05, 4.69) is 4.90 Å². The van der Waals surface area contributed by atoms with Gasteiger partial charge in [0, 0.05) is 24.7 Å². The molecule has 79 valence electrons. The summed E-state index contributed by atoms with van der Waals surface area (Å²) in [6, 6.07) is 6.40. The predicted octanol–water partition coefficient (Wildman–Crippen LogP) is 2.15. The molecule has 3 heteroatoms. The van der Waals surface area contributed by atoms with Crippen LogP contribution in [0, 0.1) is 11.7 Å². The maximum Gasteiger partial charge on any atom is 0.203 e. The van der Waals surface area contributed by atoms with E-state index >= 15 is 0 Å². The van der Waals surface area contributed by atoms with E-state index in [9.17, 15) is 9.18 Å². The van der Waals surface area contributed by atoms with Crippen molar-refractivity contribution < 1.29 is 9.18 Å². The number of rotatable bonds is 2. The van der Waals surface area contributed by atoms with Crippen molar-refractivity contribution in [1.29, 1.82) is 0 Å². The van der Waals surface area contributed by atoms with E-state index in [0.29, 0.717) is 6.54 Å². The molecule has 0 spiro atoms. The van der Waals surface area contributed by atoms with Gasteiger partial charge >= 0.3 is 0 Å². The Morgan fingerprint density at radius 1 is 1.33 bits per heavy atom. The average molecular weight is 206 g/mol. The molecule has 1 aromatic carbocycles. The second kappa shape index (κ2) is 4.43. The molecule has 1 radical (unpaired) electrons. The Bertz CT molecular complexity index is 336. The molecule has 1 aliphatic heterocycles. The molecule has 0 amide bonds. The third-order valence-electron chi connectivity index (χ3n) is 2.78. The highest BCUT2D eigenvalue weighted by Gasteiger charge is 2.19. The van der Waals surface area contributed by atoms with Crippen LogP contribution in [0.2, 0.25) is 0 Å². The lowest BCUT2D eigenvalue weighted by molar-refractivity contribution is 0.462. The van der Waals surface area contributed by atoms with Gasteiger partial charge in [0.1, 0.15) is 5.82 Å². The first-order chi connectivity index (χ1) is 7.29. The lowest BCUT2D eigenvalue weighted by atomic mass is 9.99. The van der Waals surface area contributed by atoms with Crippen molar-refractivity contribution in [3.05, 3.63) is 30.1 Å². The molecule has 1 unspecified atom stereocenters. The van der Waals surface area contributed by atoms with E-state index in [1.807, 2.05) is 6.29 Å². The van der Waals surface area contributed by atoms with E-state index in [1.165, 1.54) is 12.1 Å². The molecule has 2 nitrogen and oxygen atoms in total. The van der Waals surface area contributed by atoms with Gasteiger partial charge in [-0.3, -0.25) is 4.79 Å². The van der Waals surface area contributed by atoms with E-state index in [-0.39, 0.29) is 11.7 Å². The summed E-state index contributed by atoms with van der Waals surface area (Å²) < 4.78 is 12.7. The number of piperidine rings is 1. The zero-order valence-corrected chi connectivity index (χ0v) is 8.45. The monoisotopic (exact) mass is 206 g/mol. The highest BCUT2D eigenvalue weighted by molar-refractivity contribution is 5.58. The summed E-state index contributed by atoms with van der Waals surface area (Å²) in [5.41, 5.74) is 0.983. The molecule has 1 saturated heterocycles. The summed E-state index contributed by atoms with van der Waals surface area (Å²) >= 11 is 0. The molecule has 0 N–H and O–H groups in total. The van der Waals surface area contributed by atoms with Gasteiger partial charge in [0.2, 0.25) is 6.29 Å². The minimum Gasteiger partial charge on any atom is -0.371 e. The molecule has 0 aliphatic carbocycles. The quantitative estimate of drug-likeness (QED) is 0.739. The molecule has 15 heavy (non-hydrogen) atoms. The van der Waals surface area contributed by atoms with E-state index in [1.54, 1.807) is 12.1 Å². The van der Waals surface area contributed by atoms with Crippen LogP contribution in [0.5, 0.6) is 0 Å². The van der Waals surface area contributed by atoms with Gasteiger partial charge in [-0.15, -0.1) is 0 Å². The van der Waals surface area contributed by atoms with Crippen molar-refractivity contribution in [2.75, 3.05) is 18.0 Å². The third-order valence-corrected chi connectivity index (χ3v) is 2.78. The summed E-state index contributed by atoms with van der Waals surface area (Å²) in [4.78, 5) is 12.7. The standard InChI is InChI=1S/C12H13FNO/c13-11-3-5-12(6-4-11)14-7-1-2-10(8-14)9-15/h3-6,10H,1-2,7-8H2. The van der Waals surface area contributed by atoms with Crippen LogP contribution in [0.1, 0.15) is 12.8 Å². The lowest BCUT2D eigenvalue weighted by Crippen LogP contribution is -2.35. The minimum absolute atomic E-state index is 0.00352. The fraction of sp³-hybridized carbons (Fsp3) is 0.417. The molecule has 2 rings (SSSR count). The zero-order valence-electron chi connectivity index (χ0n) is 8.45. The van der Waals surface area contributed by atoms with Gasteiger partial charge < -0.3 is 4.90 Å². The van der Waals surface area contributed by atoms with Crippen LogP contribution in [0.4, 0.5) is 10.1 Å². The Kier molecular flexibility index (Phi) is 2.99. The minimum atomic E-state index is -0.228. The first-order valence-corrected chi connectivity index (χ1v) is 5.18. The molecule has 1 atom stereocenters. The smallest absolute Gasteiger partial charge is 0.203 e. The van der Waals surface area contributed by atoms with Crippen LogP contribution < -0.4 is 4.90 Å². The third kappa shape index (κ3) is 2.35. The molecule has 1 heterocycles. The number of benzene rings is 1. The van der Waals surface area contributed by atoms with Crippen molar-refractivity contribution in [3.63, 3.8) is 0 Å². The molecular weight excluding hydrogens is 193 g/mol. The number of anilines is 1. The molecule has 1 aromatic rings. The van der Waals surface area contributed by atoms with Gasteiger partial charge in [-0.25, -0.2) is 4.39 Å². The topological polar surface area (TPSA) is 20.3 Å². The molecule has 0 bridgehead atoms. The summed E-state index contributed by atoms with van der Waals surface area (Å²) in [5, 5.41) is 0. The van der Waals surface area contributed by atoms with Gasteiger partial charge in [0.15, 0.2) is 0 Å². The fourth-order valence-corrected chi connectivity index (χ4v) is 1.96. The second-order valence-corrected chi connectivity index (χ2v) is 3.88. The number of hydrogen-bond acceptors (Lipinski definition) is 2. The van der Waals surface area contributed by atoms with Gasteiger partial charge in [-0.2, -0.15) is 0 Å². The van der Waals surface area contributed by atoms with Gasteiger partial charge in [0.25, 0.3) is 0 Å². The Balaban J connectivity index is 2.09. The Hall–Kier alpha value is -1.38. The van der Waals surface area contributed by atoms with Crippen molar-refractivity contribution in [2.45, 2.75) is 12.8 Å². The number of carbonyl (C=O) groups excluding carboxylic acids is 1. The first-order valence-electron chi connectivity index (χ1n) is 5.18. The highest BCUT2D eigenvalue weighted by Crippen LogP contribution is 2.22. The van der Waals surface area contributed by atoms with Gasteiger partial charge in [-0.05, 0) is 37.1 Å². The van der Waals surface area contributed by atoms with Crippen molar-refractivity contribution in [3.8, 4) is 0 Å². The summed E-state index contributed by atoms with van der Waals surface area (Å²) in [5.74, 6) is -0.224. The normalized spacial score (nSPS) is 21.4. The van der Waals surface area contributed by atoms with Crippen LogP contribution in [0.15, 0.2) is 24.3 Å². The second-order valence-electron chi connectivity index (χ2n) is 3.88. The van der Waals surface area contributed by atoms with E-state index in [4.69, 9.17) is 0 Å². The van der Waals surface area contributed by atoms with Crippen molar-refractivity contribution in [2.24, 2.45) is 5.92 Å². The van der Waals surface area contributed by atoms with Crippen LogP contribution in [0.25, 0.3) is 0 Å². The Morgan fingerprint density at radius 2 is 2.07 bits per heavy atom. The fourth-order valence-electron chi connectivity index (χ4n) is 1.96. The van der Waals surface area contributed by atoms with Gasteiger partial charge in [-0.1, -0.05) is 0 Å². The summed E-state index contributed by atoms with van der Waals surface area (Å²) in [7, 11) is 0. The van der Waals surface area contributed by atoms with Crippen molar-refractivity contribution >= 4 is 12.0 Å². The first kappa shape index (κ1) is 10.1. The van der Waals surface area contributed by atoms with Crippen LogP contribution in [-0.2, 0) is 4.79 Å². The number of hydrogen-bond donors (Lipinski definition) is 0. The zero-order chi connectivity index (χ0) is 10.7. The highest BCUT2D eigenvalue weighted by atomic mass is 19.1. The summed E-state index contributed by atoms with van der Waals surface area (Å²) in [6.45, 7) is 1.64. The Labute approximate surface area is 88.7 Å². The lowest BCUT2D eigenvalue weighted by Gasteiger charge is -2.31. The average Bonchev–Trinajstić information content (AvgIpc) is 2.30. The van der Waals surface area contributed by atoms with Crippen molar-refractivity contribution in [1.82, 2.24) is 0 Å². The van der Waals surface area contributed by atoms with Crippen LogP contribution in [-0.4, -0.2) is 19.4 Å². The number of nitrogens with zero attached hydrogens (tertiary/aromatic N) is 1. The van der Waals surface area contributed by atoms with Crippen LogP contribution in [0.3, 0.4) is 0 Å². The number of halogens is 1. The summed E-state index contributed by atoms with van der Waals surface area (Å²) in [6.07, 6.45) is 3.96. The molecular formula is C12H13FNO. The maximum absolute atomic E-state index is 12.7. The molecule has 0 aromatic heterocycles. The molecule has 0 saturated carbocycles. The van der Waals surface area contributed by atoms with E-state index < -0.39 is 0 Å².